The number of fused-ring (bicyclic) bond motifs is 1. The van der Waals surface area contributed by atoms with Crippen LogP contribution in [0.25, 0.3) is 11.1 Å². The predicted molar refractivity (Wildman–Crippen MR) is 40.5 cm³/mol. The highest BCUT2D eigenvalue weighted by atomic mass is 19.1. The normalized spacial score (nSPS) is 10.5. The van der Waals surface area contributed by atoms with Gasteiger partial charge in [0.25, 0.3) is 0 Å². The van der Waals surface area contributed by atoms with Gasteiger partial charge < -0.3 is 9.15 Å². The van der Waals surface area contributed by atoms with E-state index in [1.807, 2.05) is 0 Å². The molecular formula is C8H6FNO2. The summed E-state index contributed by atoms with van der Waals surface area (Å²) in [6.07, 6.45) is -0.838. The van der Waals surface area contributed by atoms with Crippen molar-refractivity contribution < 1.29 is 13.5 Å². The summed E-state index contributed by atoms with van der Waals surface area (Å²) < 4.78 is 22.1. The Balaban J connectivity index is 2.78. The minimum atomic E-state index is -0.838. The Morgan fingerprint density at radius 2 is 2.33 bits per heavy atom. The Labute approximate surface area is 67.8 Å². The van der Waals surface area contributed by atoms with Gasteiger partial charge in [0.1, 0.15) is 5.75 Å². The van der Waals surface area contributed by atoms with E-state index < -0.39 is 6.14 Å². The molecule has 0 aliphatic heterocycles. The fraction of sp³-hybridized carbons (Fsp3) is 0.125. The Morgan fingerprint density at radius 1 is 1.50 bits per heavy atom. The molecule has 0 saturated carbocycles. The molecular weight excluding hydrogens is 161 g/mol. The first-order chi connectivity index (χ1) is 5.81. The van der Waals surface area contributed by atoms with Crippen molar-refractivity contribution in [3.05, 3.63) is 24.3 Å². The number of oxazole rings is 1. The van der Waals surface area contributed by atoms with Crippen LogP contribution in [0.1, 0.15) is 0 Å². The molecule has 0 aliphatic rings. The van der Waals surface area contributed by atoms with Gasteiger partial charge in [-0.2, -0.15) is 4.98 Å². The van der Waals surface area contributed by atoms with Gasteiger partial charge in [-0.1, -0.05) is 6.07 Å². The first-order valence-electron chi connectivity index (χ1n) is 3.40. The zero-order valence-electron chi connectivity index (χ0n) is 6.37. The van der Waals surface area contributed by atoms with Gasteiger partial charge >= 0.3 is 6.14 Å². The quantitative estimate of drug-likeness (QED) is 0.651. The average molecular weight is 167 g/mol. The van der Waals surface area contributed by atoms with E-state index in [0.29, 0.717) is 16.8 Å². The van der Waals surface area contributed by atoms with Crippen LogP contribution in [0.2, 0.25) is 0 Å². The van der Waals surface area contributed by atoms with E-state index in [0.717, 1.165) is 0 Å². The lowest BCUT2D eigenvalue weighted by Crippen LogP contribution is -1.83. The zero-order chi connectivity index (χ0) is 8.55. The largest absolute Gasteiger partial charge is 0.494 e. The summed E-state index contributed by atoms with van der Waals surface area (Å²) in [6, 6.07) is 5.05. The lowest BCUT2D eigenvalue weighted by molar-refractivity contribution is 0.355. The van der Waals surface area contributed by atoms with Crippen LogP contribution in [0.3, 0.4) is 0 Å². The van der Waals surface area contributed by atoms with Gasteiger partial charge in [-0.15, -0.1) is 4.39 Å². The van der Waals surface area contributed by atoms with Crippen molar-refractivity contribution in [3.63, 3.8) is 0 Å². The highest BCUT2D eigenvalue weighted by molar-refractivity contribution is 5.79. The van der Waals surface area contributed by atoms with Gasteiger partial charge in [0.05, 0.1) is 7.11 Å². The third-order valence-corrected chi connectivity index (χ3v) is 1.58. The molecule has 2 rings (SSSR count). The third-order valence-electron chi connectivity index (χ3n) is 1.58. The molecule has 0 unspecified atom stereocenters. The van der Waals surface area contributed by atoms with Crippen molar-refractivity contribution >= 4 is 11.1 Å². The number of hydrogen-bond acceptors (Lipinski definition) is 3. The summed E-state index contributed by atoms with van der Waals surface area (Å²) in [6.45, 7) is 0. The molecule has 0 bridgehead atoms. The molecule has 1 heterocycles. The van der Waals surface area contributed by atoms with Crippen molar-refractivity contribution in [3.8, 4) is 5.75 Å². The van der Waals surface area contributed by atoms with Crippen LogP contribution in [0, 0.1) is 6.14 Å². The molecule has 0 aliphatic carbocycles. The molecule has 2 aromatic rings. The summed E-state index contributed by atoms with van der Waals surface area (Å²) in [4.78, 5) is 3.53. The van der Waals surface area contributed by atoms with E-state index in [2.05, 4.69) is 9.40 Å². The molecule has 12 heavy (non-hydrogen) atoms. The van der Waals surface area contributed by atoms with Crippen molar-refractivity contribution in [2.45, 2.75) is 0 Å². The van der Waals surface area contributed by atoms with Gasteiger partial charge in [0.2, 0.25) is 0 Å². The van der Waals surface area contributed by atoms with E-state index in [-0.39, 0.29) is 0 Å². The lowest BCUT2D eigenvalue weighted by atomic mass is 10.3. The first kappa shape index (κ1) is 7.09. The minimum Gasteiger partial charge on any atom is -0.494 e. The average Bonchev–Trinajstić information content (AvgIpc) is 2.44. The van der Waals surface area contributed by atoms with Gasteiger partial charge in [-0.3, -0.25) is 0 Å². The van der Waals surface area contributed by atoms with Crippen LogP contribution in [-0.4, -0.2) is 12.1 Å². The maximum atomic E-state index is 12.5. The summed E-state index contributed by atoms with van der Waals surface area (Å²) in [7, 11) is 1.50. The van der Waals surface area contributed by atoms with E-state index in [1.54, 1.807) is 18.2 Å². The number of aromatic nitrogens is 1. The molecule has 3 nitrogen and oxygen atoms in total. The van der Waals surface area contributed by atoms with Gasteiger partial charge in [-0.05, 0) is 12.1 Å². The molecule has 0 N–H and O–H groups in total. The van der Waals surface area contributed by atoms with Crippen LogP contribution in [0.5, 0.6) is 5.75 Å². The SMILES string of the molecule is COc1cccc2oc(F)nc12. The molecule has 1 aromatic heterocycles. The monoisotopic (exact) mass is 167 g/mol. The maximum absolute atomic E-state index is 12.5. The minimum absolute atomic E-state index is 0.395. The number of hydrogen-bond donors (Lipinski definition) is 0. The van der Waals surface area contributed by atoms with Crippen LogP contribution in [0.15, 0.2) is 22.6 Å². The molecule has 0 atom stereocenters. The lowest BCUT2D eigenvalue weighted by Gasteiger charge is -1.96. The maximum Gasteiger partial charge on any atom is 0.382 e. The van der Waals surface area contributed by atoms with E-state index in [4.69, 9.17) is 4.74 Å². The summed E-state index contributed by atoms with van der Waals surface area (Å²) in [5.74, 6) is 0.514. The fourth-order valence-corrected chi connectivity index (χ4v) is 1.06. The van der Waals surface area contributed by atoms with Crippen molar-refractivity contribution in [2.75, 3.05) is 7.11 Å². The second-order valence-electron chi connectivity index (χ2n) is 2.27. The highest BCUT2D eigenvalue weighted by Gasteiger charge is 2.08. The molecule has 0 radical (unpaired) electrons. The smallest absolute Gasteiger partial charge is 0.382 e. The number of nitrogens with zero attached hydrogens (tertiary/aromatic N) is 1. The Kier molecular flexibility index (Phi) is 1.46. The molecule has 0 spiro atoms. The standard InChI is InChI=1S/C8H6FNO2/c1-11-5-3-2-4-6-7(5)10-8(9)12-6/h2-4H,1H3. The molecule has 0 amide bonds. The topological polar surface area (TPSA) is 35.3 Å². The predicted octanol–water partition coefficient (Wildman–Crippen LogP) is 1.98. The van der Waals surface area contributed by atoms with E-state index in [9.17, 15) is 4.39 Å². The molecule has 62 valence electrons. The number of methoxy groups -OCH3 is 1. The van der Waals surface area contributed by atoms with Gasteiger partial charge in [0.15, 0.2) is 11.1 Å². The van der Waals surface area contributed by atoms with Gasteiger partial charge in [-0.25, -0.2) is 0 Å². The first-order valence-corrected chi connectivity index (χ1v) is 3.40. The molecule has 1 aromatic carbocycles. The summed E-state index contributed by atoms with van der Waals surface area (Å²) in [5, 5.41) is 0. The van der Waals surface area contributed by atoms with Crippen LogP contribution in [0.4, 0.5) is 4.39 Å². The van der Waals surface area contributed by atoms with Crippen LogP contribution in [-0.2, 0) is 0 Å². The summed E-state index contributed by atoms with van der Waals surface area (Å²) in [5.41, 5.74) is 0.810. The zero-order valence-corrected chi connectivity index (χ0v) is 6.37. The Hall–Kier alpha value is -1.58. The Morgan fingerprint density at radius 3 is 3.08 bits per heavy atom. The van der Waals surface area contributed by atoms with Crippen molar-refractivity contribution in [1.82, 2.24) is 4.98 Å². The second kappa shape index (κ2) is 2.48. The fourth-order valence-electron chi connectivity index (χ4n) is 1.06. The van der Waals surface area contributed by atoms with Gasteiger partial charge in [0, 0.05) is 0 Å². The Bertz CT molecular complexity index is 410. The highest BCUT2D eigenvalue weighted by Crippen LogP contribution is 2.24. The second-order valence-corrected chi connectivity index (χ2v) is 2.27. The van der Waals surface area contributed by atoms with E-state index >= 15 is 0 Å². The van der Waals surface area contributed by atoms with E-state index in [1.165, 1.54) is 7.11 Å². The number of halogens is 1. The molecule has 4 heteroatoms. The number of rotatable bonds is 1. The molecule has 0 saturated heterocycles. The van der Waals surface area contributed by atoms with Crippen LogP contribution >= 0.6 is 0 Å². The van der Waals surface area contributed by atoms with Crippen molar-refractivity contribution in [2.24, 2.45) is 0 Å². The number of benzene rings is 1. The number of ether oxygens (including phenoxy) is 1. The van der Waals surface area contributed by atoms with Crippen molar-refractivity contribution in [1.29, 1.82) is 0 Å². The summed E-state index contributed by atoms with van der Waals surface area (Å²) >= 11 is 0. The molecule has 0 fully saturated rings. The third kappa shape index (κ3) is 0.922. The number of para-hydroxylation sites is 1. The van der Waals surface area contributed by atoms with Crippen LogP contribution < -0.4 is 4.74 Å².